The number of hydrogen-bond donors (Lipinski definition) is 0. The second kappa shape index (κ2) is 7.36. The predicted molar refractivity (Wildman–Crippen MR) is 90.4 cm³/mol. The molecule has 0 spiro atoms. The summed E-state index contributed by atoms with van der Waals surface area (Å²) in [5.74, 6) is 1.31. The Morgan fingerprint density at radius 2 is 1.62 bits per heavy atom. The number of nitrogens with zero attached hydrogens (tertiary/aromatic N) is 1. The van der Waals surface area contributed by atoms with Crippen LogP contribution in [0.4, 0.5) is 0 Å². The first-order valence-electron chi connectivity index (χ1n) is 7.90. The van der Waals surface area contributed by atoms with Crippen molar-refractivity contribution in [2.45, 2.75) is 13.1 Å². The smallest absolute Gasteiger partial charge is 0.337 e. The van der Waals surface area contributed by atoms with E-state index in [1.165, 1.54) is 12.7 Å². The van der Waals surface area contributed by atoms with Crippen LogP contribution in [0.5, 0.6) is 11.5 Å². The monoisotopic (exact) mass is 327 g/mol. The highest BCUT2D eigenvalue weighted by Crippen LogP contribution is 2.31. The van der Waals surface area contributed by atoms with Crippen molar-refractivity contribution in [1.82, 2.24) is 4.90 Å². The van der Waals surface area contributed by atoms with Crippen LogP contribution in [0.25, 0.3) is 0 Å². The lowest BCUT2D eigenvalue weighted by atomic mass is 10.1. The predicted octanol–water partition coefficient (Wildman–Crippen LogP) is 2.88. The number of methoxy groups -OCH3 is 1. The lowest BCUT2D eigenvalue weighted by Gasteiger charge is -2.21. The maximum Gasteiger partial charge on any atom is 0.337 e. The van der Waals surface area contributed by atoms with Crippen LogP contribution in [0.1, 0.15) is 21.5 Å². The molecule has 1 heterocycles. The molecule has 0 aliphatic carbocycles. The fourth-order valence-corrected chi connectivity index (χ4v) is 2.73. The van der Waals surface area contributed by atoms with E-state index in [2.05, 4.69) is 18.0 Å². The molecular formula is C19H21NO4. The fourth-order valence-electron chi connectivity index (χ4n) is 2.73. The molecule has 0 unspecified atom stereocenters. The number of carbonyl (C=O) groups is 1. The Balaban J connectivity index is 1.61. The molecule has 0 bridgehead atoms. The summed E-state index contributed by atoms with van der Waals surface area (Å²) in [6.07, 6.45) is 0. The molecule has 0 atom stereocenters. The molecule has 1 aliphatic heterocycles. The summed E-state index contributed by atoms with van der Waals surface area (Å²) in [4.78, 5) is 13.7. The zero-order chi connectivity index (χ0) is 16.9. The Bertz CT molecular complexity index is 712. The zero-order valence-electron chi connectivity index (χ0n) is 14.0. The summed E-state index contributed by atoms with van der Waals surface area (Å²) in [5, 5.41) is 0. The van der Waals surface area contributed by atoms with Crippen molar-refractivity contribution in [3.63, 3.8) is 0 Å². The van der Waals surface area contributed by atoms with Crippen LogP contribution in [-0.2, 0) is 17.8 Å². The van der Waals surface area contributed by atoms with Gasteiger partial charge in [0.25, 0.3) is 0 Å². The first-order valence-corrected chi connectivity index (χ1v) is 7.90. The lowest BCUT2D eigenvalue weighted by molar-refractivity contribution is 0.0600. The Kier molecular flexibility index (Phi) is 5.01. The third-order valence-electron chi connectivity index (χ3n) is 3.89. The minimum Gasteiger partial charge on any atom is -0.486 e. The van der Waals surface area contributed by atoms with Gasteiger partial charge in [-0.05, 0) is 42.4 Å². The number of hydrogen-bond acceptors (Lipinski definition) is 5. The van der Waals surface area contributed by atoms with Crippen molar-refractivity contribution in [2.75, 3.05) is 27.4 Å². The minimum atomic E-state index is -0.314. The molecular weight excluding hydrogens is 306 g/mol. The molecule has 5 heteroatoms. The normalized spacial score (nSPS) is 13.0. The van der Waals surface area contributed by atoms with Gasteiger partial charge in [-0.2, -0.15) is 0 Å². The molecule has 3 rings (SSSR count). The summed E-state index contributed by atoms with van der Waals surface area (Å²) < 4.78 is 15.9. The second-order valence-corrected chi connectivity index (χ2v) is 5.84. The van der Waals surface area contributed by atoms with E-state index in [1.54, 1.807) is 12.1 Å². The van der Waals surface area contributed by atoms with Crippen molar-refractivity contribution in [3.05, 3.63) is 59.2 Å². The highest BCUT2D eigenvalue weighted by atomic mass is 16.6. The van der Waals surface area contributed by atoms with Crippen LogP contribution < -0.4 is 9.47 Å². The maximum atomic E-state index is 11.5. The third-order valence-corrected chi connectivity index (χ3v) is 3.89. The summed E-state index contributed by atoms with van der Waals surface area (Å²) in [6, 6.07) is 13.5. The van der Waals surface area contributed by atoms with Gasteiger partial charge in [-0.15, -0.1) is 0 Å². The van der Waals surface area contributed by atoms with Crippen LogP contribution in [0.15, 0.2) is 42.5 Å². The van der Waals surface area contributed by atoms with Gasteiger partial charge in [0.05, 0.1) is 12.7 Å². The quantitative estimate of drug-likeness (QED) is 0.790. The highest BCUT2D eigenvalue weighted by Gasteiger charge is 2.12. The highest BCUT2D eigenvalue weighted by molar-refractivity contribution is 5.89. The van der Waals surface area contributed by atoms with Crippen molar-refractivity contribution >= 4 is 5.97 Å². The molecule has 24 heavy (non-hydrogen) atoms. The van der Waals surface area contributed by atoms with Crippen molar-refractivity contribution in [2.24, 2.45) is 0 Å². The molecule has 1 aliphatic rings. The summed E-state index contributed by atoms with van der Waals surface area (Å²) in [6.45, 7) is 2.79. The molecule has 0 saturated carbocycles. The van der Waals surface area contributed by atoms with Gasteiger partial charge in [0.1, 0.15) is 13.2 Å². The SMILES string of the molecule is COC(=O)c1ccc(CN(C)Cc2ccc3c(c2)OCCO3)cc1. The number of fused-ring (bicyclic) bond motifs is 1. The fraction of sp³-hybridized carbons (Fsp3) is 0.316. The van der Waals surface area contributed by atoms with E-state index in [0.717, 1.165) is 30.2 Å². The van der Waals surface area contributed by atoms with Gasteiger partial charge < -0.3 is 14.2 Å². The van der Waals surface area contributed by atoms with Crippen LogP contribution in [0.2, 0.25) is 0 Å². The summed E-state index contributed by atoms with van der Waals surface area (Å²) in [5.41, 5.74) is 2.88. The zero-order valence-corrected chi connectivity index (χ0v) is 14.0. The van der Waals surface area contributed by atoms with E-state index < -0.39 is 0 Å². The van der Waals surface area contributed by atoms with Gasteiger partial charge in [0.15, 0.2) is 11.5 Å². The molecule has 5 nitrogen and oxygen atoms in total. The number of benzene rings is 2. The van der Waals surface area contributed by atoms with Gasteiger partial charge in [0.2, 0.25) is 0 Å². The average Bonchev–Trinajstić information content (AvgIpc) is 2.61. The van der Waals surface area contributed by atoms with Gasteiger partial charge >= 0.3 is 5.97 Å². The lowest BCUT2D eigenvalue weighted by Crippen LogP contribution is -2.18. The van der Waals surface area contributed by atoms with Crippen molar-refractivity contribution in [3.8, 4) is 11.5 Å². The molecule has 0 N–H and O–H groups in total. The largest absolute Gasteiger partial charge is 0.486 e. The van der Waals surface area contributed by atoms with Crippen molar-refractivity contribution in [1.29, 1.82) is 0 Å². The summed E-state index contributed by atoms with van der Waals surface area (Å²) in [7, 11) is 3.45. The van der Waals surface area contributed by atoms with Crippen molar-refractivity contribution < 1.29 is 19.0 Å². The molecule has 2 aromatic rings. The number of esters is 1. The maximum absolute atomic E-state index is 11.5. The number of rotatable bonds is 5. The number of carbonyl (C=O) groups excluding carboxylic acids is 1. The Morgan fingerprint density at radius 3 is 2.33 bits per heavy atom. The van der Waals surface area contributed by atoms with E-state index in [4.69, 9.17) is 14.2 Å². The second-order valence-electron chi connectivity index (χ2n) is 5.84. The van der Waals surface area contributed by atoms with Gasteiger partial charge in [0, 0.05) is 13.1 Å². The first-order chi connectivity index (χ1) is 11.7. The molecule has 0 aromatic heterocycles. The summed E-state index contributed by atoms with van der Waals surface area (Å²) >= 11 is 0. The van der Waals surface area contributed by atoms with E-state index >= 15 is 0 Å². The van der Waals surface area contributed by atoms with E-state index in [9.17, 15) is 4.79 Å². The van der Waals surface area contributed by atoms with Crippen LogP contribution in [-0.4, -0.2) is 38.2 Å². The van der Waals surface area contributed by atoms with Gasteiger partial charge in [-0.3, -0.25) is 4.90 Å². The molecule has 0 amide bonds. The van der Waals surface area contributed by atoms with E-state index in [1.807, 2.05) is 24.3 Å². The first kappa shape index (κ1) is 16.3. The Labute approximate surface area is 141 Å². The minimum absolute atomic E-state index is 0.314. The van der Waals surface area contributed by atoms with E-state index in [0.29, 0.717) is 18.8 Å². The molecule has 2 aromatic carbocycles. The average molecular weight is 327 g/mol. The van der Waals surface area contributed by atoms with Crippen LogP contribution >= 0.6 is 0 Å². The Morgan fingerprint density at radius 1 is 1.00 bits per heavy atom. The van der Waals surface area contributed by atoms with Gasteiger partial charge in [-0.25, -0.2) is 4.79 Å². The molecule has 0 fully saturated rings. The third kappa shape index (κ3) is 3.86. The van der Waals surface area contributed by atoms with Crippen LogP contribution in [0.3, 0.4) is 0 Å². The Hall–Kier alpha value is -2.53. The number of ether oxygens (including phenoxy) is 3. The van der Waals surface area contributed by atoms with E-state index in [-0.39, 0.29) is 5.97 Å². The van der Waals surface area contributed by atoms with Crippen LogP contribution in [0, 0.1) is 0 Å². The molecule has 0 saturated heterocycles. The topological polar surface area (TPSA) is 48.0 Å². The molecule has 126 valence electrons. The van der Waals surface area contributed by atoms with Gasteiger partial charge in [-0.1, -0.05) is 18.2 Å². The standard InChI is InChI=1S/C19H21NO4/c1-20(12-14-3-6-16(7-4-14)19(21)22-2)13-15-5-8-17-18(11-15)24-10-9-23-17/h3-8,11H,9-10,12-13H2,1-2H3. The molecule has 0 radical (unpaired) electrons.